The molecule has 1 amide bonds. The van der Waals surface area contributed by atoms with Crippen molar-refractivity contribution in [2.24, 2.45) is 13.0 Å². The number of anilines is 2. The van der Waals surface area contributed by atoms with Gasteiger partial charge in [-0.2, -0.15) is 5.10 Å². The summed E-state index contributed by atoms with van der Waals surface area (Å²) in [5, 5.41) is 10.7. The largest absolute Gasteiger partial charge is 0.354 e. The van der Waals surface area contributed by atoms with Crippen molar-refractivity contribution < 1.29 is 4.79 Å². The molecule has 16 heavy (non-hydrogen) atoms. The Balaban J connectivity index is 2.06. The molecule has 1 aromatic heterocycles. The minimum absolute atomic E-state index is 0.0681. The van der Waals surface area contributed by atoms with Crippen molar-refractivity contribution in [3.63, 3.8) is 0 Å². The average molecular weight is 220 g/mol. The number of carbonyl (C=O) groups excluding carboxylic acids is 1. The lowest BCUT2D eigenvalue weighted by Crippen LogP contribution is -2.52. The Morgan fingerprint density at radius 1 is 1.50 bits per heavy atom. The van der Waals surface area contributed by atoms with Crippen LogP contribution in [0.2, 0.25) is 0 Å². The van der Waals surface area contributed by atoms with E-state index in [0.717, 1.165) is 30.0 Å². The van der Waals surface area contributed by atoms with Crippen LogP contribution in [0.3, 0.4) is 0 Å². The third kappa shape index (κ3) is 1.11. The highest BCUT2D eigenvalue weighted by Gasteiger charge is 2.50. The molecular formula is C11H16N4O. The third-order valence-electron chi connectivity index (χ3n) is 3.70. The number of nitrogens with one attached hydrogen (secondary N) is 2. The molecule has 1 aliphatic heterocycles. The quantitative estimate of drug-likeness (QED) is 0.749. The van der Waals surface area contributed by atoms with Crippen LogP contribution in [0.4, 0.5) is 11.5 Å². The molecule has 1 aliphatic carbocycles. The van der Waals surface area contributed by atoms with E-state index in [2.05, 4.69) is 15.7 Å². The molecule has 1 fully saturated rings. The maximum Gasteiger partial charge on any atom is 0.250 e. The molecule has 2 N–H and O–H groups in total. The van der Waals surface area contributed by atoms with Crippen LogP contribution in [0.25, 0.3) is 0 Å². The minimum atomic E-state index is -0.465. The van der Waals surface area contributed by atoms with Gasteiger partial charge in [0.25, 0.3) is 0 Å². The van der Waals surface area contributed by atoms with Gasteiger partial charge in [0.1, 0.15) is 17.0 Å². The second kappa shape index (κ2) is 2.78. The summed E-state index contributed by atoms with van der Waals surface area (Å²) in [6.45, 7) is 3.88. The van der Waals surface area contributed by atoms with Crippen LogP contribution in [0.5, 0.6) is 0 Å². The van der Waals surface area contributed by atoms with E-state index in [4.69, 9.17) is 0 Å². The van der Waals surface area contributed by atoms with E-state index < -0.39 is 5.54 Å². The number of aromatic nitrogens is 2. The van der Waals surface area contributed by atoms with Gasteiger partial charge in [-0.05, 0) is 32.6 Å². The van der Waals surface area contributed by atoms with Crippen molar-refractivity contribution in [1.29, 1.82) is 0 Å². The van der Waals surface area contributed by atoms with Crippen LogP contribution in [0.15, 0.2) is 0 Å². The first-order valence-corrected chi connectivity index (χ1v) is 5.65. The lowest BCUT2D eigenvalue weighted by atomic mass is 9.92. The number of rotatable bonds is 1. The molecule has 0 aromatic carbocycles. The Hall–Kier alpha value is -1.52. The lowest BCUT2D eigenvalue weighted by molar-refractivity contribution is -0.120. The van der Waals surface area contributed by atoms with Gasteiger partial charge in [-0.3, -0.25) is 9.48 Å². The molecule has 0 saturated heterocycles. The molecule has 2 aliphatic rings. The number of hydrogen-bond donors (Lipinski definition) is 2. The summed E-state index contributed by atoms with van der Waals surface area (Å²) in [6, 6.07) is 0. The third-order valence-corrected chi connectivity index (χ3v) is 3.70. The average Bonchev–Trinajstić information content (AvgIpc) is 3.01. The van der Waals surface area contributed by atoms with Gasteiger partial charge in [0, 0.05) is 7.05 Å². The molecule has 1 atom stereocenters. The van der Waals surface area contributed by atoms with Crippen LogP contribution in [-0.2, 0) is 11.8 Å². The van der Waals surface area contributed by atoms with E-state index in [9.17, 15) is 4.79 Å². The summed E-state index contributed by atoms with van der Waals surface area (Å²) in [4.78, 5) is 12.1. The van der Waals surface area contributed by atoms with Gasteiger partial charge in [-0.1, -0.05) is 0 Å². The van der Waals surface area contributed by atoms with E-state index in [-0.39, 0.29) is 5.91 Å². The first-order chi connectivity index (χ1) is 7.52. The fraction of sp³-hybridized carbons (Fsp3) is 0.636. The van der Waals surface area contributed by atoms with Gasteiger partial charge in [-0.25, -0.2) is 0 Å². The summed E-state index contributed by atoms with van der Waals surface area (Å²) < 4.78 is 1.80. The minimum Gasteiger partial charge on any atom is -0.354 e. The molecule has 1 aromatic rings. The summed E-state index contributed by atoms with van der Waals surface area (Å²) in [6.07, 6.45) is 2.26. The Morgan fingerprint density at radius 2 is 2.19 bits per heavy atom. The van der Waals surface area contributed by atoms with Gasteiger partial charge >= 0.3 is 0 Å². The highest BCUT2D eigenvalue weighted by Crippen LogP contribution is 2.45. The number of nitrogens with zero attached hydrogens (tertiary/aromatic N) is 2. The molecule has 0 spiro atoms. The zero-order valence-corrected chi connectivity index (χ0v) is 9.79. The van der Waals surface area contributed by atoms with Crippen molar-refractivity contribution in [3.8, 4) is 0 Å². The second-order valence-electron chi connectivity index (χ2n) is 4.99. The summed E-state index contributed by atoms with van der Waals surface area (Å²) >= 11 is 0. The first-order valence-electron chi connectivity index (χ1n) is 5.65. The molecule has 1 saturated carbocycles. The second-order valence-corrected chi connectivity index (χ2v) is 4.99. The SMILES string of the molecule is Cc1nn(C)c2c1NC(=O)C(C)(C1CC1)N2. The highest BCUT2D eigenvalue weighted by molar-refractivity contribution is 6.06. The summed E-state index contributed by atoms with van der Waals surface area (Å²) in [7, 11) is 1.89. The van der Waals surface area contributed by atoms with Crippen LogP contribution in [0, 0.1) is 12.8 Å². The summed E-state index contributed by atoms with van der Waals surface area (Å²) in [5.41, 5.74) is 1.22. The smallest absolute Gasteiger partial charge is 0.250 e. The van der Waals surface area contributed by atoms with Crippen molar-refractivity contribution in [3.05, 3.63) is 5.69 Å². The predicted octanol–water partition coefficient (Wildman–Crippen LogP) is 1.26. The topological polar surface area (TPSA) is 59.0 Å². The molecule has 86 valence electrons. The molecule has 2 heterocycles. The van der Waals surface area contributed by atoms with Gasteiger partial charge in [0.15, 0.2) is 0 Å². The first kappa shape index (κ1) is 9.69. The fourth-order valence-corrected chi connectivity index (χ4v) is 2.45. The van der Waals surface area contributed by atoms with Crippen LogP contribution < -0.4 is 10.6 Å². The van der Waals surface area contributed by atoms with Crippen LogP contribution >= 0.6 is 0 Å². The standard InChI is InChI=1S/C11H16N4O/c1-6-8-9(15(3)14-6)13-11(2,7-4-5-7)10(16)12-8/h7,13H,4-5H2,1-3H3,(H,12,16). The summed E-state index contributed by atoms with van der Waals surface area (Å²) in [5.74, 6) is 1.45. The lowest BCUT2D eigenvalue weighted by Gasteiger charge is -2.34. The molecule has 5 heteroatoms. The number of fused-ring (bicyclic) bond motifs is 1. The number of amides is 1. The van der Waals surface area contributed by atoms with E-state index in [1.54, 1.807) is 4.68 Å². The van der Waals surface area contributed by atoms with E-state index in [0.29, 0.717) is 5.92 Å². The maximum absolute atomic E-state index is 12.1. The Labute approximate surface area is 94.2 Å². The van der Waals surface area contributed by atoms with E-state index in [1.807, 2.05) is 20.9 Å². The van der Waals surface area contributed by atoms with Crippen molar-refractivity contribution in [2.45, 2.75) is 32.2 Å². The highest BCUT2D eigenvalue weighted by atomic mass is 16.2. The zero-order chi connectivity index (χ0) is 11.5. The Bertz CT molecular complexity index is 475. The van der Waals surface area contributed by atoms with Gasteiger partial charge in [0.05, 0.1) is 5.69 Å². The zero-order valence-electron chi connectivity index (χ0n) is 9.79. The molecule has 5 nitrogen and oxygen atoms in total. The molecule has 3 rings (SSSR count). The molecule has 0 bridgehead atoms. The van der Waals surface area contributed by atoms with Gasteiger partial charge in [0.2, 0.25) is 5.91 Å². The maximum atomic E-state index is 12.1. The monoisotopic (exact) mass is 220 g/mol. The Morgan fingerprint density at radius 3 is 2.81 bits per heavy atom. The number of hydrogen-bond acceptors (Lipinski definition) is 3. The van der Waals surface area contributed by atoms with Gasteiger partial charge < -0.3 is 10.6 Å². The molecule has 0 radical (unpaired) electrons. The number of aryl methyl sites for hydroxylation is 2. The van der Waals surface area contributed by atoms with Crippen molar-refractivity contribution in [2.75, 3.05) is 10.6 Å². The van der Waals surface area contributed by atoms with Crippen molar-refractivity contribution in [1.82, 2.24) is 9.78 Å². The van der Waals surface area contributed by atoms with Crippen molar-refractivity contribution >= 4 is 17.4 Å². The van der Waals surface area contributed by atoms with E-state index in [1.165, 1.54) is 0 Å². The van der Waals surface area contributed by atoms with E-state index >= 15 is 0 Å². The fourth-order valence-electron chi connectivity index (χ4n) is 2.45. The van der Waals surface area contributed by atoms with Crippen LogP contribution in [-0.4, -0.2) is 21.2 Å². The molecule has 1 unspecified atom stereocenters. The molecular weight excluding hydrogens is 204 g/mol. The normalized spacial score (nSPS) is 28.3. The Kier molecular flexibility index (Phi) is 1.68. The predicted molar refractivity (Wildman–Crippen MR) is 61.3 cm³/mol. The number of carbonyl (C=O) groups is 1. The van der Waals surface area contributed by atoms with Gasteiger partial charge in [-0.15, -0.1) is 0 Å². The van der Waals surface area contributed by atoms with Crippen LogP contribution in [0.1, 0.15) is 25.5 Å².